The van der Waals surface area contributed by atoms with Crippen molar-refractivity contribution in [2.45, 2.75) is 25.7 Å². The Kier molecular flexibility index (Phi) is 5.77. The standard InChI is InChI=1S/C24H29N3O/c1-2-26-12-14-27(15-13-26)24(28)17-20(16-19-8-4-3-5-9-19)22-18-25-23-11-7-6-10-21(22)23/h3-11,18,20,25H,2,12-17H2,1H3. The summed E-state index contributed by atoms with van der Waals surface area (Å²) >= 11 is 0. The summed E-state index contributed by atoms with van der Waals surface area (Å²) in [7, 11) is 0. The van der Waals surface area contributed by atoms with Crippen LogP contribution in [0.1, 0.15) is 30.4 Å². The molecule has 4 nitrogen and oxygen atoms in total. The molecular weight excluding hydrogens is 346 g/mol. The molecule has 0 radical (unpaired) electrons. The van der Waals surface area contributed by atoms with E-state index in [9.17, 15) is 4.79 Å². The molecule has 1 amide bonds. The summed E-state index contributed by atoms with van der Waals surface area (Å²) in [6.07, 6.45) is 3.53. The molecule has 0 spiro atoms. The van der Waals surface area contributed by atoms with E-state index in [0.29, 0.717) is 6.42 Å². The second-order valence-electron chi connectivity index (χ2n) is 7.70. The summed E-state index contributed by atoms with van der Waals surface area (Å²) in [6.45, 7) is 6.91. The van der Waals surface area contributed by atoms with Crippen LogP contribution < -0.4 is 0 Å². The molecule has 4 heteroatoms. The van der Waals surface area contributed by atoms with Gasteiger partial charge in [-0.15, -0.1) is 0 Å². The summed E-state index contributed by atoms with van der Waals surface area (Å²) < 4.78 is 0. The van der Waals surface area contributed by atoms with E-state index in [2.05, 4.69) is 70.4 Å². The lowest BCUT2D eigenvalue weighted by Crippen LogP contribution is -2.48. The van der Waals surface area contributed by atoms with Gasteiger partial charge in [0.2, 0.25) is 5.91 Å². The SMILES string of the molecule is CCN1CCN(C(=O)CC(Cc2ccccc2)c2c[nH]c3ccccc23)CC1. The smallest absolute Gasteiger partial charge is 0.223 e. The van der Waals surface area contributed by atoms with Gasteiger partial charge < -0.3 is 14.8 Å². The third kappa shape index (κ3) is 4.12. The number of benzene rings is 2. The largest absolute Gasteiger partial charge is 0.361 e. The van der Waals surface area contributed by atoms with Crippen molar-refractivity contribution in [1.29, 1.82) is 0 Å². The van der Waals surface area contributed by atoms with E-state index in [-0.39, 0.29) is 11.8 Å². The Morgan fingerprint density at radius 2 is 1.71 bits per heavy atom. The number of hydrogen-bond acceptors (Lipinski definition) is 2. The number of rotatable bonds is 6. The van der Waals surface area contributed by atoms with E-state index < -0.39 is 0 Å². The average Bonchev–Trinajstić information content (AvgIpc) is 3.18. The first kappa shape index (κ1) is 18.8. The van der Waals surface area contributed by atoms with Crippen LogP contribution in [0.25, 0.3) is 10.9 Å². The van der Waals surface area contributed by atoms with Gasteiger partial charge in [-0.2, -0.15) is 0 Å². The molecule has 1 aliphatic heterocycles. The van der Waals surface area contributed by atoms with Crippen LogP contribution in [-0.2, 0) is 11.2 Å². The Balaban J connectivity index is 1.56. The molecule has 1 fully saturated rings. The third-order valence-corrected chi connectivity index (χ3v) is 5.98. The number of hydrogen-bond donors (Lipinski definition) is 1. The number of H-pyrrole nitrogens is 1. The van der Waals surface area contributed by atoms with Crippen LogP contribution in [0, 0.1) is 0 Å². The summed E-state index contributed by atoms with van der Waals surface area (Å²) in [4.78, 5) is 21.0. The van der Waals surface area contributed by atoms with Crippen LogP contribution >= 0.6 is 0 Å². The Morgan fingerprint density at radius 3 is 2.46 bits per heavy atom. The fourth-order valence-corrected chi connectivity index (χ4v) is 4.28. The van der Waals surface area contributed by atoms with Gasteiger partial charge in [-0.25, -0.2) is 0 Å². The lowest BCUT2D eigenvalue weighted by Gasteiger charge is -2.34. The molecule has 146 valence electrons. The molecule has 1 aliphatic rings. The maximum atomic E-state index is 13.1. The highest BCUT2D eigenvalue weighted by molar-refractivity contribution is 5.85. The number of aromatic amines is 1. The maximum absolute atomic E-state index is 13.1. The number of carbonyl (C=O) groups excluding carboxylic acids is 1. The van der Waals surface area contributed by atoms with Crippen LogP contribution in [0.15, 0.2) is 60.8 Å². The normalized spacial score (nSPS) is 16.4. The third-order valence-electron chi connectivity index (χ3n) is 5.98. The number of nitrogens with one attached hydrogen (secondary N) is 1. The zero-order valence-electron chi connectivity index (χ0n) is 16.6. The summed E-state index contributed by atoms with van der Waals surface area (Å²) in [6, 6.07) is 18.9. The van der Waals surface area contributed by atoms with E-state index in [1.807, 2.05) is 12.1 Å². The van der Waals surface area contributed by atoms with Gasteiger partial charge in [0, 0.05) is 49.7 Å². The Hall–Kier alpha value is -2.59. The first-order valence-electron chi connectivity index (χ1n) is 10.3. The van der Waals surface area contributed by atoms with Crippen molar-refractivity contribution in [2.24, 2.45) is 0 Å². The number of amides is 1. The fraction of sp³-hybridized carbons (Fsp3) is 0.375. The van der Waals surface area contributed by atoms with Crippen molar-refractivity contribution < 1.29 is 4.79 Å². The molecule has 1 unspecified atom stereocenters. The second-order valence-corrected chi connectivity index (χ2v) is 7.70. The average molecular weight is 376 g/mol. The molecular formula is C24H29N3O. The second kappa shape index (κ2) is 8.61. The zero-order chi connectivity index (χ0) is 19.3. The monoisotopic (exact) mass is 375 g/mol. The van der Waals surface area contributed by atoms with Crippen LogP contribution in [0.4, 0.5) is 0 Å². The van der Waals surface area contributed by atoms with Crippen molar-refractivity contribution in [1.82, 2.24) is 14.8 Å². The van der Waals surface area contributed by atoms with Crippen molar-refractivity contribution in [3.63, 3.8) is 0 Å². The molecule has 2 heterocycles. The van der Waals surface area contributed by atoms with Crippen molar-refractivity contribution in [3.8, 4) is 0 Å². The van der Waals surface area contributed by atoms with Crippen LogP contribution in [0.3, 0.4) is 0 Å². The predicted octanol–water partition coefficient (Wildman–Crippen LogP) is 4.05. The van der Waals surface area contributed by atoms with Gasteiger partial charge in [-0.1, -0.05) is 55.5 Å². The molecule has 2 aromatic carbocycles. The predicted molar refractivity (Wildman–Crippen MR) is 114 cm³/mol. The Bertz CT molecular complexity index is 910. The number of fused-ring (bicyclic) bond motifs is 1. The first-order valence-corrected chi connectivity index (χ1v) is 10.3. The fourth-order valence-electron chi connectivity index (χ4n) is 4.28. The molecule has 3 aromatic rings. The molecule has 0 saturated carbocycles. The van der Waals surface area contributed by atoms with E-state index in [1.54, 1.807) is 0 Å². The Morgan fingerprint density at radius 1 is 1.00 bits per heavy atom. The summed E-state index contributed by atoms with van der Waals surface area (Å²) in [5.74, 6) is 0.456. The molecule has 0 aliphatic carbocycles. The van der Waals surface area contributed by atoms with Gasteiger partial charge >= 0.3 is 0 Å². The van der Waals surface area contributed by atoms with Gasteiger partial charge in [0.1, 0.15) is 0 Å². The first-order chi connectivity index (χ1) is 13.7. The minimum atomic E-state index is 0.176. The van der Waals surface area contributed by atoms with Gasteiger partial charge in [0.25, 0.3) is 0 Å². The highest BCUT2D eigenvalue weighted by Crippen LogP contribution is 2.31. The molecule has 4 rings (SSSR count). The number of aromatic nitrogens is 1. The molecule has 1 atom stereocenters. The summed E-state index contributed by atoms with van der Waals surface area (Å²) in [5, 5.41) is 1.23. The lowest BCUT2D eigenvalue weighted by atomic mass is 9.88. The number of nitrogens with zero attached hydrogens (tertiary/aromatic N) is 2. The number of para-hydroxylation sites is 1. The molecule has 28 heavy (non-hydrogen) atoms. The van der Waals surface area contributed by atoms with Crippen molar-refractivity contribution >= 4 is 16.8 Å². The highest BCUT2D eigenvalue weighted by Gasteiger charge is 2.25. The molecule has 0 bridgehead atoms. The topological polar surface area (TPSA) is 39.3 Å². The van der Waals surface area contributed by atoms with Crippen molar-refractivity contribution in [3.05, 3.63) is 71.9 Å². The van der Waals surface area contributed by atoms with Gasteiger partial charge in [-0.3, -0.25) is 4.79 Å². The van der Waals surface area contributed by atoms with Gasteiger partial charge in [0.05, 0.1) is 0 Å². The maximum Gasteiger partial charge on any atom is 0.223 e. The number of likely N-dealkylation sites (N-methyl/N-ethyl adjacent to an activating group) is 1. The number of carbonyl (C=O) groups is 1. The molecule has 1 saturated heterocycles. The Labute approximate surface area is 167 Å². The minimum absolute atomic E-state index is 0.176. The lowest BCUT2D eigenvalue weighted by molar-refractivity contribution is -0.133. The summed E-state index contributed by atoms with van der Waals surface area (Å²) in [5.41, 5.74) is 3.67. The van der Waals surface area contributed by atoms with E-state index in [0.717, 1.165) is 44.7 Å². The van der Waals surface area contributed by atoms with Crippen LogP contribution in [0.5, 0.6) is 0 Å². The van der Waals surface area contributed by atoms with Crippen molar-refractivity contribution in [2.75, 3.05) is 32.7 Å². The quantitative estimate of drug-likeness (QED) is 0.706. The van der Waals surface area contributed by atoms with Crippen LogP contribution in [0.2, 0.25) is 0 Å². The van der Waals surface area contributed by atoms with E-state index in [1.165, 1.54) is 16.5 Å². The van der Waals surface area contributed by atoms with Gasteiger partial charge in [-0.05, 0) is 36.1 Å². The minimum Gasteiger partial charge on any atom is -0.361 e. The van der Waals surface area contributed by atoms with E-state index >= 15 is 0 Å². The van der Waals surface area contributed by atoms with Crippen LogP contribution in [-0.4, -0.2) is 53.4 Å². The molecule has 1 N–H and O–H groups in total. The number of piperazine rings is 1. The van der Waals surface area contributed by atoms with Gasteiger partial charge in [0.15, 0.2) is 0 Å². The highest BCUT2D eigenvalue weighted by atomic mass is 16.2. The van der Waals surface area contributed by atoms with E-state index in [4.69, 9.17) is 0 Å². The molecule has 1 aromatic heterocycles. The zero-order valence-corrected chi connectivity index (χ0v) is 16.6.